The smallest absolute Gasteiger partial charge is 0.387 e. The molecule has 0 saturated heterocycles. The molecule has 0 fully saturated rings. The van der Waals surface area contributed by atoms with Crippen molar-refractivity contribution in [2.45, 2.75) is 11.8 Å². The van der Waals surface area contributed by atoms with E-state index >= 15 is 0 Å². The van der Waals surface area contributed by atoms with Crippen molar-refractivity contribution < 1.29 is 23.0 Å². The quantitative estimate of drug-likeness (QED) is 0.288. The van der Waals surface area contributed by atoms with Gasteiger partial charge in [0.2, 0.25) is 5.91 Å². The fourth-order valence-corrected chi connectivity index (χ4v) is 4.05. The highest BCUT2D eigenvalue weighted by Gasteiger charge is 2.15. The third kappa shape index (κ3) is 5.34. The van der Waals surface area contributed by atoms with Crippen LogP contribution in [0, 0.1) is 0 Å². The molecular weight excluding hydrogens is 464 g/mol. The van der Waals surface area contributed by atoms with E-state index in [-0.39, 0.29) is 23.0 Å². The van der Waals surface area contributed by atoms with E-state index in [1.807, 2.05) is 0 Å². The van der Waals surface area contributed by atoms with Crippen LogP contribution in [-0.4, -0.2) is 34.9 Å². The number of alkyl halides is 2. The van der Waals surface area contributed by atoms with E-state index < -0.39 is 6.61 Å². The van der Waals surface area contributed by atoms with Crippen LogP contribution < -0.4 is 20.3 Å². The zero-order chi connectivity index (χ0) is 24.1. The molecule has 4 aromatic rings. The number of amides is 1. The number of benzene rings is 3. The molecular formula is C24H19F2N3O4S. The third-order valence-corrected chi connectivity index (χ3v) is 5.69. The van der Waals surface area contributed by atoms with E-state index in [1.54, 1.807) is 48.5 Å². The Balaban J connectivity index is 1.58. The molecule has 10 heteroatoms. The Kier molecular flexibility index (Phi) is 7.07. The Labute approximate surface area is 197 Å². The summed E-state index contributed by atoms with van der Waals surface area (Å²) in [7, 11) is 1.53. The topological polar surface area (TPSA) is 82.4 Å². The molecule has 0 radical (unpaired) electrons. The maximum atomic E-state index is 13.3. The molecule has 1 aromatic heterocycles. The zero-order valence-corrected chi connectivity index (χ0v) is 18.7. The Morgan fingerprint density at radius 2 is 1.82 bits per heavy atom. The van der Waals surface area contributed by atoms with Crippen LogP contribution in [0.5, 0.6) is 11.5 Å². The van der Waals surface area contributed by atoms with Gasteiger partial charge in [-0.25, -0.2) is 4.98 Å². The first kappa shape index (κ1) is 23.2. The van der Waals surface area contributed by atoms with Crippen molar-refractivity contribution in [1.29, 1.82) is 0 Å². The predicted octanol–water partition coefficient (Wildman–Crippen LogP) is 4.73. The number of thioether (sulfide) groups is 1. The predicted molar refractivity (Wildman–Crippen MR) is 126 cm³/mol. The lowest BCUT2D eigenvalue weighted by Crippen LogP contribution is -2.23. The molecule has 1 amide bonds. The summed E-state index contributed by atoms with van der Waals surface area (Å²) in [6.45, 7) is -2.92. The fourth-order valence-electron chi connectivity index (χ4n) is 3.23. The van der Waals surface area contributed by atoms with Crippen LogP contribution in [0.15, 0.2) is 82.7 Å². The second kappa shape index (κ2) is 10.3. The minimum absolute atomic E-state index is 0.00922. The number of nitrogens with one attached hydrogen (secondary N) is 1. The Morgan fingerprint density at radius 3 is 2.56 bits per heavy atom. The summed E-state index contributed by atoms with van der Waals surface area (Å²) in [5.41, 5.74) is 1.23. The van der Waals surface area contributed by atoms with Gasteiger partial charge >= 0.3 is 6.61 Å². The molecule has 0 saturated carbocycles. The van der Waals surface area contributed by atoms with Gasteiger partial charge in [-0.3, -0.25) is 14.2 Å². The molecule has 3 aromatic carbocycles. The van der Waals surface area contributed by atoms with Crippen molar-refractivity contribution in [2.24, 2.45) is 0 Å². The Morgan fingerprint density at radius 1 is 1.06 bits per heavy atom. The van der Waals surface area contributed by atoms with E-state index in [0.29, 0.717) is 33.2 Å². The van der Waals surface area contributed by atoms with Gasteiger partial charge in [0.1, 0.15) is 11.5 Å². The number of ether oxygens (including phenoxy) is 2. The summed E-state index contributed by atoms with van der Waals surface area (Å²) < 4.78 is 35.6. The number of anilines is 1. The fraction of sp³-hybridized carbons (Fsp3) is 0.125. The molecule has 0 unspecified atom stereocenters. The highest BCUT2D eigenvalue weighted by Crippen LogP contribution is 2.24. The van der Waals surface area contributed by atoms with Crippen LogP contribution in [-0.2, 0) is 4.79 Å². The van der Waals surface area contributed by atoms with Gasteiger partial charge in [-0.1, -0.05) is 30.0 Å². The summed E-state index contributed by atoms with van der Waals surface area (Å²) >= 11 is 1.10. The van der Waals surface area contributed by atoms with Gasteiger partial charge in [0.25, 0.3) is 5.56 Å². The SMILES string of the molecule is COc1cccc(-n2c(SCC(=O)Nc3ccc(OC(F)F)cc3)nc3ccccc3c2=O)c1. The number of hydrogen-bond acceptors (Lipinski definition) is 6. The number of rotatable bonds is 8. The largest absolute Gasteiger partial charge is 0.497 e. The van der Waals surface area contributed by atoms with Crippen molar-refractivity contribution in [2.75, 3.05) is 18.2 Å². The molecule has 0 atom stereocenters. The minimum atomic E-state index is -2.92. The molecule has 0 aliphatic carbocycles. The molecule has 174 valence electrons. The second-order valence-electron chi connectivity index (χ2n) is 6.99. The maximum absolute atomic E-state index is 13.3. The van der Waals surface area contributed by atoms with E-state index in [0.717, 1.165) is 11.8 Å². The normalized spacial score (nSPS) is 10.9. The lowest BCUT2D eigenvalue weighted by Gasteiger charge is -2.14. The van der Waals surface area contributed by atoms with E-state index in [9.17, 15) is 18.4 Å². The Hall–Kier alpha value is -3.92. The first-order chi connectivity index (χ1) is 16.4. The first-order valence-corrected chi connectivity index (χ1v) is 11.1. The van der Waals surface area contributed by atoms with Crippen molar-refractivity contribution in [3.8, 4) is 17.2 Å². The van der Waals surface area contributed by atoms with Crippen LogP contribution in [0.2, 0.25) is 0 Å². The van der Waals surface area contributed by atoms with Crippen molar-refractivity contribution >= 4 is 34.3 Å². The molecule has 0 aliphatic rings. The third-order valence-electron chi connectivity index (χ3n) is 4.75. The number of fused-ring (bicyclic) bond motifs is 1. The molecule has 0 aliphatic heterocycles. The van der Waals surface area contributed by atoms with E-state index in [1.165, 1.54) is 35.9 Å². The van der Waals surface area contributed by atoms with Crippen LogP contribution in [0.1, 0.15) is 0 Å². The van der Waals surface area contributed by atoms with Gasteiger partial charge in [-0.15, -0.1) is 0 Å². The van der Waals surface area contributed by atoms with Crippen LogP contribution >= 0.6 is 11.8 Å². The average Bonchev–Trinajstić information content (AvgIpc) is 2.84. The number of carbonyl (C=O) groups is 1. The van der Waals surface area contributed by atoms with Crippen molar-refractivity contribution in [3.05, 3.63) is 83.2 Å². The molecule has 0 bridgehead atoms. The standard InChI is InChI=1S/C24H19F2N3O4S/c1-32-18-6-4-5-16(13-18)29-22(31)19-7-2-3-8-20(19)28-24(29)34-14-21(30)27-15-9-11-17(12-10-15)33-23(25)26/h2-13,23H,14H2,1H3,(H,27,30). The lowest BCUT2D eigenvalue weighted by atomic mass is 10.2. The van der Waals surface area contributed by atoms with Gasteiger partial charge in [0, 0.05) is 11.8 Å². The minimum Gasteiger partial charge on any atom is -0.497 e. The van der Waals surface area contributed by atoms with Gasteiger partial charge in [-0.2, -0.15) is 8.78 Å². The summed E-state index contributed by atoms with van der Waals surface area (Å²) in [4.78, 5) is 30.4. The van der Waals surface area contributed by atoms with E-state index in [4.69, 9.17) is 4.74 Å². The number of nitrogens with zero attached hydrogens (tertiary/aromatic N) is 2. The number of methoxy groups -OCH3 is 1. The van der Waals surface area contributed by atoms with Crippen LogP contribution in [0.4, 0.5) is 14.5 Å². The van der Waals surface area contributed by atoms with Crippen molar-refractivity contribution in [1.82, 2.24) is 9.55 Å². The monoisotopic (exact) mass is 483 g/mol. The van der Waals surface area contributed by atoms with Gasteiger partial charge in [0.05, 0.1) is 29.5 Å². The van der Waals surface area contributed by atoms with Gasteiger partial charge in [-0.05, 0) is 48.5 Å². The molecule has 34 heavy (non-hydrogen) atoms. The first-order valence-electron chi connectivity index (χ1n) is 10.1. The number of hydrogen-bond donors (Lipinski definition) is 1. The number of aromatic nitrogens is 2. The molecule has 1 N–H and O–H groups in total. The Bertz CT molecular complexity index is 1380. The summed E-state index contributed by atoms with van der Waals surface area (Å²) in [6.07, 6.45) is 0. The van der Waals surface area contributed by atoms with Crippen molar-refractivity contribution in [3.63, 3.8) is 0 Å². The number of halogens is 2. The highest BCUT2D eigenvalue weighted by atomic mass is 32.2. The number of carbonyl (C=O) groups excluding carboxylic acids is 1. The highest BCUT2D eigenvalue weighted by molar-refractivity contribution is 7.99. The molecule has 7 nitrogen and oxygen atoms in total. The average molecular weight is 483 g/mol. The maximum Gasteiger partial charge on any atom is 0.387 e. The second-order valence-corrected chi connectivity index (χ2v) is 7.94. The van der Waals surface area contributed by atoms with E-state index in [2.05, 4.69) is 15.0 Å². The van der Waals surface area contributed by atoms with Gasteiger partial charge < -0.3 is 14.8 Å². The summed E-state index contributed by atoms with van der Waals surface area (Å²) in [6, 6.07) is 19.6. The summed E-state index contributed by atoms with van der Waals surface area (Å²) in [5, 5.41) is 3.47. The van der Waals surface area contributed by atoms with Crippen LogP contribution in [0.25, 0.3) is 16.6 Å². The molecule has 1 heterocycles. The zero-order valence-electron chi connectivity index (χ0n) is 17.9. The van der Waals surface area contributed by atoms with Crippen LogP contribution in [0.3, 0.4) is 0 Å². The molecule has 0 spiro atoms. The number of para-hydroxylation sites is 1. The summed E-state index contributed by atoms with van der Waals surface area (Å²) in [5.74, 6) is 0.173. The lowest BCUT2D eigenvalue weighted by molar-refractivity contribution is -0.113. The molecule has 4 rings (SSSR count). The van der Waals surface area contributed by atoms with Gasteiger partial charge in [0.15, 0.2) is 5.16 Å².